The molecule has 2 nitrogen and oxygen atoms in total. The Balaban J connectivity index is 1.70. The Morgan fingerprint density at radius 3 is 2.50 bits per heavy atom. The van der Waals surface area contributed by atoms with Crippen molar-refractivity contribution in [1.82, 2.24) is 0 Å². The summed E-state index contributed by atoms with van der Waals surface area (Å²) in [6, 6.07) is 20.6. The molecule has 81 valence electrons. The normalized spacial score (nSPS) is 9.75. The van der Waals surface area contributed by atoms with Crippen molar-refractivity contribution < 1.29 is 4.74 Å². The summed E-state index contributed by atoms with van der Waals surface area (Å²) in [7, 11) is 0. The molecule has 2 aromatic rings. The van der Waals surface area contributed by atoms with Gasteiger partial charge in [-0.3, -0.25) is 0 Å². The van der Waals surface area contributed by atoms with Gasteiger partial charge in [-0.1, -0.05) is 30.3 Å². The first kappa shape index (κ1) is 10.6. The van der Waals surface area contributed by atoms with Crippen LogP contribution in [0.3, 0.4) is 0 Å². The van der Waals surface area contributed by atoms with Gasteiger partial charge in [-0.05, 0) is 30.3 Å². The summed E-state index contributed by atoms with van der Waals surface area (Å²) in [5.74, 6) is 0.883. The summed E-state index contributed by atoms with van der Waals surface area (Å²) in [5, 5.41) is 3.28. The van der Waals surface area contributed by atoms with E-state index in [1.165, 1.54) is 0 Å². The van der Waals surface area contributed by atoms with Crippen LogP contribution in [0.15, 0.2) is 54.6 Å². The van der Waals surface area contributed by atoms with Gasteiger partial charge >= 0.3 is 0 Å². The van der Waals surface area contributed by atoms with Crippen molar-refractivity contribution in [3.8, 4) is 5.75 Å². The lowest BCUT2D eigenvalue weighted by Gasteiger charge is -2.08. The first-order valence-electron chi connectivity index (χ1n) is 5.33. The third-order valence-corrected chi connectivity index (χ3v) is 2.16. The lowest BCUT2D eigenvalue weighted by molar-refractivity contribution is 0.333. The van der Waals surface area contributed by atoms with Crippen LogP contribution in [0.25, 0.3) is 0 Å². The zero-order valence-corrected chi connectivity index (χ0v) is 9.02. The summed E-state index contributed by atoms with van der Waals surface area (Å²) in [6.45, 7) is 1.45. The fourth-order valence-corrected chi connectivity index (χ4v) is 1.39. The molecule has 0 unspecified atom stereocenters. The molecular formula is C14H14NO. The highest BCUT2D eigenvalue weighted by atomic mass is 16.5. The molecular weight excluding hydrogens is 198 g/mol. The second-order valence-electron chi connectivity index (χ2n) is 3.38. The van der Waals surface area contributed by atoms with Crippen LogP contribution in [0.1, 0.15) is 0 Å². The molecule has 0 amide bonds. The Morgan fingerprint density at radius 1 is 1.00 bits per heavy atom. The van der Waals surface area contributed by atoms with Gasteiger partial charge in [0.05, 0.1) is 0 Å². The van der Waals surface area contributed by atoms with Crippen LogP contribution in [-0.4, -0.2) is 13.2 Å². The predicted molar refractivity (Wildman–Crippen MR) is 65.7 cm³/mol. The molecule has 2 heteroatoms. The van der Waals surface area contributed by atoms with E-state index in [2.05, 4.69) is 11.4 Å². The van der Waals surface area contributed by atoms with Crippen molar-refractivity contribution in [2.45, 2.75) is 0 Å². The molecule has 0 saturated carbocycles. The van der Waals surface area contributed by atoms with Crippen molar-refractivity contribution >= 4 is 5.69 Å². The van der Waals surface area contributed by atoms with Gasteiger partial charge in [0.2, 0.25) is 0 Å². The molecule has 0 aliphatic heterocycles. The molecule has 0 fully saturated rings. The van der Waals surface area contributed by atoms with Crippen LogP contribution in [0.4, 0.5) is 5.69 Å². The summed E-state index contributed by atoms with van der Waals surface area (Å²) in [5.41, 5.74) is 1.12. The van der Waals surface area contributed by atoms with E-state index in [-0.39, 0.29) is 0 Å². The number of ether oxygens (including phenoxy) is 1. The van der Waals surface area contributed by atoms with Gasteiger partial charge in [0.1, 0.15) is 12.4 Å². The van der Waals surface area contributed by atoms with Crippen LogP contribution in [0, 0.1) is 6.07 Å². The Hall–Kier alpha value is -1.96. The monoisotopic (exact) mass is 212 g/mol. The second kappa shape index (κ2) is 5.81. The van der Waals surface area contributed by atoms with E-state index in [0.717, 1.165) is 18.0 Å². The predicted octanol–water partition coefficient (Wildman–Crippen LogP) is 2.98. The highest BCUT2D eigenvalue weighted by Gasteiger charge is 1.92. The quantitative estimate of drug-likeness (QED) is 0.769. The van der Waals surface area contributed by atoms with E-state index >= 15 is 0 Å². The van der Waals surface area contributed by atoms with Crippen molar-refractivity contribution in [3.63, 3.8) is 0 Å². The van der Waals surface area contributed by atoms with Crippen LogP contribution in [0.5, 0.6) is 5.75 Å². The third-order valence-electron chi connectivity index (χ3n) is 2.16. The fraction of sp³-hybridized carbons (Fsp3) is 0.143. The van der Waals surface area contributed by atoms with E-state index in [4.69, 9.17) is 4.74 Å². The number of anilines is 1. The maximum Gasteiger partial charge on any atom is 0.119 e. The average Bonchev–Trinajstić information content (AvgIpc) is 2.37. The summed E-state index contributed by atoms with van der Waals surface area (Å²) in [6.07, 6.45) is 0. The smallest absolute Gasteiger partial charge is 0.119 e. The topological polar surface area (TPSA) is 21.3 Å². The van der Waals surface area contributed by atoms with Crippen LogP contribution < -0.4 is 10.1 Å². The molecule has 0 heterocycles. The number of benzene rings is 2. The van der Waals surface area contributed by atoms with E-state index in [1.54, 1.807) is 0 Å². The Bertz CT molecular complexity index is 358. The lowest BCUT2D eigenvalue weighted by atomic mass is 10.3. The lowest BCUT2D eigenvalue weighted by Crippen LogP contribution is -2.11. The zero-order valence-electron chi connectivity index (χ0n) is 9.02. The molecule has 0 spiro atoms. The second-order valence-corrected chi connectivity index (χ2v) is 3.38. The fourth-order valence-electron chi connectivity index (χ4n) is 1.39. The Morgan fingerprint density at radius 2 is 1.75 bits per heavy atom. The minimum Gasteiger partial charge on any atom is -0.492 e. The first-order chi connectivity index (χ1) is 7.95. The van der Waals surface area contributed by atoms with Crippen molar-refractivity contribution in [3.05, 3.63) is 60.7 Å². The van der Waals surface area contributed by atoms with E-state index < -0.39 is 0 Å². The van der Waals surface area contributed by atoms with Gasteiger partial charge < -0.3 is 10.1 Å². The van der Waals surface area contributed by atoms with E-state index in [0.29, 0.717) is 6.61 Å². The molecule has 0 aromatic heterocycles. The van der Waals surface area contributed by atoms with Gasteiger partial charge in [-0.2, -0.15) is 0 Å². The molecule has 0 atom stereocenters. The van der Waals surface area contributed by atoms with Gasteiger partial charge in [0.15, 0.2) is 0 Å². The van der Waals surface area contributed by atoms with Crippen molar-refractivity contribution in [1.29, 1.82) is 0 Å². The average molecular weight is 212 g/mol. The molecule has 1 N–H and O–H groups in total. The minimum absolute atomic E-state index is 0.652. The maximum atomic E-state index is 5.55. The van der Waals surface area contributed by atoms with Gasteiger partial charge in [-0.25, -0.2) is 0 Å². The largest absolute Gasteiger partial charge is 0.492 e. The number of hydrogen-bond acceptors (Lipinski definition) is 2. The summed E-state index contributed by atoms with van der Waals surface area (Å²) in [4.78, 5) is 0. The number of hydrogen-bond donors (Lipinski definition) is 1. The Kier molecular flexibility index (Phi) is 3.83. The molecule has 16 heavy (non-hydrogen) atoms. The summed E-state index contributed by atoms with van der Waals surface area (Å²) >= 11 is 0. The van der Waals surface area contributed by atoms with Crippen molar-refractivity contribution in [2.24, 2.45) is 0 Å². The number of rotatable bonds is 5. The third kappa shape index (κ3) is 3.31. The highest BCUT2D eigenvalue weighted by molar-refractivity contribution is 5.42. The molecule has 0 aliphatic rings. The molecule has 2 aromatic carbocycles. The van der Waals surface area contributed by atoms with Crippen LogP contribution in [0.2, 0.25) is 0 Å². The van der Waals surface area contributed by atoms with E-state index in [9.17, 15) is 0 Å². The molecule has 1 radical (unpaired) electrons. The molecule has 0 bridgehead atoms. The van der Waals surface area contributed by atoms with Crippen LogP contribution >= 0.6 is 0 Å². The zero-order chi connectivity index (χ0) is 11.1. The van der Waals surface area contributed by atoms with Gasteiger partial charge in [-0.15, -0.1) is 0 Å². The first-order valence-corrected chi connectivity index (χ1v) is 5.33. The molecule has 2 rings (SSSR count). The Labute approximate surface area is 95.9 Å². The standard InChI is InChI=1S/C14H14NO/c1-3-7-13(8-4-1)15-11-12-16-14-9-5-2-6-10-14/h1,3-10,15H,11-12H2. The SMILES string of the molecule is [c]1ccc(OCCNc2ccccc2)cc1. The maximum absolute atomic E-state index is 5.55. The minimum atomic E-state index is 0.652. The summed E-state index contributed by atoms with van der Waals surface area (Å²) < 4.78 is 5.55. The van der Waals surface area contributed by atoms with Gasteiger partial charge in [0.25, 0.3) is 0 Å². The van der Waals surface area contributed by atoms with E-state index in [1.807, 2.05) is 54.6 Å². The molecule has 0 aliphatic carbocycles. The molecule has 0 saturated heterocycles. The number of nitrogens with one attached hydrogen (secondary N) is 1. The van der Waals surface area contributed by atoms with Gasteiger partial charge in [0, 0.05) is 12.2 Å². The number of para-hydroxylation sites is 1. The van der Waals surface area contributed by atoms with Crippen molar-refractivity contribution in [2.75, 3.05) is 18.5 Å². The highest BCUT2D eigenvalue weighted by Crippen LogP contribution is 2.08. The van der Waals surface area contributed by atoms with Crippen LogP contribution in [-0.2, 0) is 0 Å².